The third-order valence-corrected chi connectivity index (χ3v) is 7.46. The van der Waals surface area contributed by atoms with E-state index in [0.29, 0.717) is 12.4 Å². The zero-order chi connectivity index (χ0) is 19.7. The topological polar surface area (TPSA) is 76.4 Å². The Balaban J connectivity index is 2.04. The molecule has 0 saturated heterocycles. The molecule has 5 nitrogen and oxygen atoms in total. The van der Waals surface area contributed by atoms with Crippen LogP contribution in [-0.2, 0) is 14.6 Å². The second-order valence-corrected chi connectivity index (χ2v) is 8.89. The van der Waals surface area contributed by atoms with E-state index >= 15 is 0 Å². The zero-order valence-electron chi connectivity index (χ0n) is 15.7. The van der Waals surface area contributed by atoms with Crippen LogP contribution in [0.4, 0.5) is 0 Å². The van der Waals surface area contributed by atoms with E-state index in [1.54, 1.807) is 43.5 Å². The molecule has 142 valence electrons. The molecule has 1 aliphatic carbocycles. The molecule has 2 aromatic carbocycles. The molecule has 1 fully saturated rings. The highest BCUT2D eigenvalue weighted by molar-refractivity contribution is 7.92. The monoisotopic (exact) mass is 385 g/mol. The Labute approximate surface area is 160 Å². The van der Waals surface area contributed by atoms with Crippen molar-refractivity contribution in [2.45, 2.75) is 29.9 Å². The predicted octanol–water partition coefficient (Wildman–Crippen LogP) is 3.49. The van der Waals surface area contributed by atoms with Crippen LogP contribution in [-0.4, -0.2) is 34.0 Å². The van der Waals surface area contributed by atoms with Gasteiger partial charge in [0.1, 0.15) is 11.2 Å². The van der Waals surface area contributed by atoms with Crippen LogP contribution in [0.25, 0.3) is 0 Å². The summed E-state index contributed by atoms with van der Waals surface area (Å²) in [5.41, 5.74) is 0.698. The lowest BCUT2D eigenvalue weighted by atomic mass is 10.0. The van der Waals surface area contributed by atoms with Crippen LogP contribution in [0.3, 0.4) is 0 Å². The number of benzene rings is 2. The molecule has 1 saturated carbocycles. The summed E-state index contributed by atoms with van der Waals surface area (Å²) < 4.78 is 37.3. The SMILES string of the molecule is CCOC[C@]1(C#N)[C@H](c2ccc(OC)cc2)[C@H]1S(=O)(=O)c1ccc(C)cc1. The molecule has 0 aliphatic heterocycles. The summed E-state index contributed by atoms with van der Waals surface area (Å²) in [5, 5.41) is 9.09. The minimum absolute atomic E-state index is 0.0897. The van der Waals surface area contributed by atoms with Crippen molar-refractivity contribution in [2.75, 3.05) is 20.3 Å². The lowest BCUT2D eigenvalue weighted by Crippen LogP contribution is -2.19. The minimum Gasteiger partial charge on any atom is -0.497 e. The van der Waals surface area contributed by atoms with Gasteiger partial charge in [0, 0.05) is 12.5 Å². The first-order valence-corrected chi connectivity index (χ1v) is 10.4. The highest BCUT2D eigenvalue weighted by Gasteiger charge is 2.72. The van der Waals surface area contributed by atoms with Gasteiger partial charge in [-0.3, -0.25) is 0 Å². The third-order valence-electron chi connectivity index (χ3n) is 5.17. The Morgan fingerprint density at radius 2 is 1.74 bits per heavy atom. The Kier molecular flexibility index (Phi) is 5.27. The summed E-state index contributed by atoms with van der Waals surface area (Å²) in [5.74, 6) is 0.246. The number of nitrogens with zero attached hydrogens (tertiary/aromatic N) is 1. The van der Waals surface area contributed by atoms with Crippen molar-refractivity contribution < 1.29 is 17.9 Å². The molecule has 27 heavy (non-hydrogen) atoms. The molecule has 6 heteroatoms. The molecule has 0 aromatic heterocycles. The molecule has 3 atom stereocenters. The van der Waals surface area contributed by atoms with E-state index < -0.39 is 26.4 Å². The number of methoxy groups -OCH3 is 1. The van der Waals surface area contributed by atoms with Gasteiger partial charge in [0.05, 0.1) is 29.9 Å². The lowest BCUT2D eigenvalue weighted by Gasteiger charge is -2.10. The zero-order valence-corrected chi connectivity index (χ0v) is 16.5. The van der Waals surface area contributed by atoms with Gasteiger partial charge >= 0.3 is 0 Å². The molecule has 0 bridgehead atoms. The van der Waals surface area contributed by atoms with Crippen LogP contribution in [0.15, 0.2) is 53.4 Å². The average molecular weight is 385 g/mol. The van der Waals surface area contributed by atoms with Gasteiger partial charge in [-0.25, -0.2) is 8.42 Å². The number of aryl methyl sites for hydroxylation is 1. The van der Waals surface area contributed by atoms with Crippen molar-refractivity contribution in [1.82, 2.24) is 0 Å². The van der Waals surface area contributed by atoms with Gasteiger partial charge in [-0.05, 0) is 43.7 Å². The van der Waals surface area contributed by atoms with Gasteiger partial charge in [-0.15, -0.1) is 0 Å². The molecule has 0 unspecified atom stereocenters. The van der Waals surface area contributed by atoms with E-state index in [0.717, 1.165) is 11.1 Å². The summed E-state index contributed by atoms with van der Waals surface area (Å²) in [7, 11) is -2.10. The molecule has 0 radical (unpaired) electrons. The first-order valence-electron chi connectivity index (χ1n) is 8.84. The van der Waals surface area contributed by atoms with Gasteiger partial charge in [0.25, 0.3) is 0 Å². The molecule has 0 N–H and O–H groups in total. The maximum Gasteiger partial charge on any atom is 0.183 e. The first kappa shape index (κ1) is 19.4. The first-order chi connectivity index (χ1) is 12.9. The van der Waals surface area contributed by atoms with E-state index in [1.165, 1.54) is 0 Å². The quantitative estimate of drug-likeness (QED) is 0.729. The Bertz CT molecular complexity index is 945. The second-order valence-electron chi connectivity index (χ2n) is 6.82. The summed E-state index contributed by atoms with van der Waals surface area (Å²) >= 11 is 0. The Morgan fingerprint density at radius 3 is 2.26 bits per heavy atom. The summed E-state index contributed by atoms with van der Waals surface area (Å²) in [4.78, 5) is 0.241. The number of hydrogen-bond donors (Lipinski definition) is 0. The van der Waals surface area contributed by atoms with Crippen molar-refractivity contribution in [3.8, 4) is 11.8 Å². The van der Waals surface area contributed by atoms with E-state index in [-0.39, 0.29) is 11.5 Å². The number of ether oxygens (including phenoxy) is 2. The fourth-order valence-electron chi connectivity index (χ4n) is 3.63. The summed E-state index contributed by atoms with van der Waals surface area (Å²) in [6, 6.07) is 16.2. The fourth-order valence-corrected chi connectivity index (χ4v) is 5.94. The highest BCUT2D eigenvalue weighted by Crippen LogP contribution is 2.64. The normalized spacial score (nSPS) is 24.2. The van der Waals surface area contributed by atoms with E-state index in [4.69, 9.17) is 9.47 Å². The maximum atomic E-state index is 13.3. The lowest BCUT2D eigenvalue weighted by molar-refractivity contribution is 0.117. The fraction of sp³-hybridized carbons (Fsp3) is 0.381. The maximum absolute atomic E-state index is 13.3. The van der Waals surface area contributed by atoms with Crippen LogP contribution in [0.2, 0.25) is 0 Å². The second kappa shape index (κ2) is 7.34. The standard InChI is InChI=1S/C21H23NO4S/c1-4-26-14-21(13-22)19(16-7-9-17(25-3)10-8-16)20(21)27(23,24)18-11-5-15(2)6-12-18/h5-12,19-20H,4,14H2,1-3H3/t19-,20-,21-/m1/s1. The van der Waals surface area contributed by atoms with Crippen molar-refractivity contribution in [3.05, 3.63) is 59.7 Å². The van der Waals surface area contributed by atoms with Crippen LogP contribution in [0, 0.1) is 23.7 Å². The van der Waals surface area contributed by atoms with E-state index in [1.807, 2.05) is 26.0 Å². The molecule has 0 amide bonds. The Morgan fingerprint density at radius 1 is 1.11 bits per heavy atom. The minimum atomic E-state index is -3.68. The number of hydrogen-bond acceptors (Lipinski definition) is 5. The van der Waals surface area contributed by atoms with Gasteiger partial charge in [0.15, 0.2) is 9.84 Å². The molecular weight excluding hydrogens is 362 g/mol. The van der Waals surface area contributed by atoms with Crippen LogP contribution in [0.1, 0.15) is 24.0 Å². The molecule has 0 spiro atoms. The van der Waals surface area contributed by atoms with Crippen LogP contribution in [0.5, 0.6) is 5.75 Å². The average Bonchev–Trinajstić information content (AvgIpc) is 3.37. The van der Waals surface area contributed by atoms with Gasteiger partial charge in [0.2, 0.25) is 0 Å². The number of sulfone groups is 1. The molecule has 2 aromatic rings. The number of nitriles is 1. The van der Waals surface area contributed by atoms with Crippen molar-refractivity contribution in [3.63, 3.8) is 0 Å². The van der Waals surface area contributed by atoms with Crippen LogP contribution < -0.4 is 4.74 Å². The molecule has 1 aliphatic rings. The van der Waals surface area contributed by atoms with Gasteiger partial charge in [-0.1, -0.05) is 29.8 Å². The predicted molar refractivity (Wildman–Crippen MR) is 102 cm³/mol. The molecule has 3 rings (SSSR count). The molecule has 0 heterocycles. The third kappa shape index (κ3) is 3.33. The highest BCUT2D eigenvalue weighted by atomic mass is 32.2. The summed E-state index contributed by atoms with van der Waals surface area (Å²) in [6.45, 7) is 4.25. The summed E-state index contributed by atoms with van der Waals surface area (Å²) in [6.07, 6.45) is 0. The van der Waals surface area contributed by atoms with E-state index in [2.05, 4.69) is 6.07 Å². The van der Waals surface area contributed by atoms with Crippen molar-refractivity contribution in [1.29, 1.82) is 5.26 Å². The molecular formula is C21H23NO4S. The van der Waals surface area contributed by atoms with Crippen molar-refractivity contribution in [2.24, 2.45) is 5.41 Å². The largest absolute Gasteiger partial charge is 0.497 e. The van der Waals surface area contributed by atoms with Gasteiger partial charge < -0.3 is 9.47 Å². The van der Waals surface area contributed by atoms with Crippen LogP contribution >= 0.6 is 0 Å². The van der Waals surface area contributed by atoms with E-state index in [9.17, 15) is 13.7 Å². The van der Waals surface area contributed by atoms with Crippen molar-refractivity contribution >= 4 is 9.84 Å². The van der Waals surface area contributed by atoms with Gasteiger partial charge in [-0.2, -0.15) is 5.26 Å². The Hall–Kier alpha value is -2.36. The smallest absolute Gasteiger partial charge is 0.183 e. The number of rotatable bonds is 7.